The van der Waals surface area contributed by atoms with Crippen molar-refractivity contribution in [3.8, 4) is 5.69 Å². The van der Waals surface area contributed by atoms with E-state index in [-0.39, 0.29) is 0 Å². The second-order valence-corrected chi connectivity index (χ2v) is 6.62. The first-order valence-electron chi connectivity index (χ1n) is 5.94. The van der Waals surface area contributed by atoms with E-state index in [1.807, 2.05) is 6.33 Å². The van der Waals surface area contributed by atoms with Gasteiger partial charge in [0.05, 0.1) is 17.7 Å². The Balaban J connectivity index is 1.80. The number of hydrogen-bond donors (Lipinski definition) is 1. The number of imidazole rings is 1. The summed E-state index contributed by atoms with van der Waals surface area (Å²) in [7, 11) is 0. The molecule has 1 aliphatic rings. The van der Waals surface area contributed by atoms with Crippen molar-refractivity contribution in [1.29, 1.82) is 0 Å². The molecular formula is C13H13BrIN3. The van der Waals surface area contributed by atoms with Crippen molar-refractivity contribution in [3.63, 3.8) is 0 Å². The average molecular weight is 418 g/mol. The summed E-state index contributed by atoms with van der Waals surface area (Å²) < 4.78 is 4.37. The van der Waals surface area contributed by atoms with Crippen LogP contribution in [0.3, 0.4) is 0 Å². The lowest BCUT2D eigenvalue weighted by Crippen LogP contribution is -2.15. The smallest absolute Gasteiger partial charge is 0.0996 e. The van der Waals surface area contributed by atoms with Crippen LogP contribution < -0.4 is 5.32 Å². The molecule has 1 aromatic heterocycles. The molecule has 1 fully saturated rings. The van der Waals surface area contributed by atoms with Gasteiger partial charge in [-0.3, -0.25) is 0 Å². The zero-order valence-corrected chi connectivity index (χ0v) is 13.5. The van der Waals surface area contributed by atoms with Crippen LogP contribution in [0.4, 0.5) is 0 Å². The van der Waals surface area contributed by atoms with E-state index < -0.39 is 0 Å². The molecule has 3 nitrogen and oxygen atoms in total. The molecule has 1 saturated carbocycles. The Morgan fingerprint density at radius 2 is 2.28 bits per heavy atom. The minimum atomic E-state index is 0.722. The monoisotopic (exact) mass is 417 g/mol. The van der Waals surface area contributed by atoms with E-state index in [1.165, 1.54) is 16.4 Å². The van der Waals surface area contributed by atoms with Crippen LogP contribution in [-0.4, -0.2) is 15.6 Å². The number of rotatable bonds is 4. The molecule has 3 rings (SSSR count). The highest BCUT2D eigenvalue weighted by Gasteiger charge is 2.20. The van der Waals surface area contributed by atoms with Gasteiger partial charge in [0.1, 0.15) is 0 Å². The second kappa shape index (κ2) is 5.30. The predicted octanol–water partition coefficient (Wildman–Crippen LogP) is 3.49. The van der Waals surface area contributed by atoms with Gasteiger partial charge < -0.3 is 9.88 Å². The fourth-order valence-electron chi connectivity index (χ4n) is 1.81. The molecule has 0 bridgehead atoms. The molecule has 0 aliphatic heterocycles. The molecule has 1 aromatic carbocycles. The van der Waals surface area contributed by atoms with E-state index in [0.29, 0.717) is 0 Å². The zero-order valence-electron chi connectivity index (χ0n) is 9.74. The number of hydrogen-bond acceptors (Lipinski definition) is 2. The van der Waals surface area contributed by atoms with E-state index in [4.69, 9.17) is 0 Å². The molecule has 0 radical (unpaired) electrons. The standard InChI is InChI=1S/C13H13BrIN3/c14-12-4-1-9(15)5-13(12)18-7-11(17-8-18)6-16-10-2-3-10/h1,4-5,7-8,10,16H,2-3,6H2. The largest absolute Gasteiger partial charge is 0.308 e. The third kappa shape index (κ3) is 2.95. The molecule has 94 valence electrons. The highest BCUT2D eigenvalue weighted by atomic mass is 127. The third-order valence-corrected chi connectivity index (χ3v) is 4.31. The highest BCUT2D eigenvalue weighted by molar-refractivity contribution is 14.1. The summed E-state index contributed by atoms with van der Waals surface area (Å²) in [5, 5.41) is 3.47. The molecule has 0 atom stereocenters. The summed E-state index contributed by atoms with van der Waals surface area (Å²) in [6.45, 7) is 0.860. The van der Waals surface area contributed by atoms with Crippen LogP contribution in [0.5, 0.6) is 0 Å². The molecule has 0 amide bonds. The maximum atomic E-state index is 4.44. The number of nitrogens with zero attached hydrogens (tertiary/aromatic N) is 2. The quantitative estimate of drug-likeness (QED) is 0.771. The van der Waals surface area contributed by atoms with Gasteiger partial charge in [-0.2, -0.15) is 0 Å². The Morgan fingerprint density at radius 3 is 3.06 bits per heavy atom. The van der Waals surface area contributed by atoms with Gasteiger partial charge in [0.25, 0.3) is 0 Å². The molecule has 5 heteroatoms. The van der Waals surface area contributed by atoms with Gasteiger partial charge in [-0.15, -0.1) is 0 Å². The lowest BCUT2D eigenvalue weighted by molar-refractivity contribution is 0.677. The predicted molar refractivity (Wildman–Crippen MR) is 83.8 cm³/mol. The minimum Gasteiger partial charge on any atom is -0.308 e. The molecule has 18 heavy (non-hydrogen) atoms. The van der Waals surface area contributed by atoms with Crippen LogP contribution in [0, 0.1) is 3.57 Å². The van der Waals surface area contributed by atoms with Crippen molar-refractivity contribution in [2.75, 3.05) is 0 Å². The minimum absolute atomic E-state index is 0.722. The molecule has 0 spiro atoms. The van der Waals surface area contributed by atoms with Gasteiger partial charge in [0, 0.05) is 26.8 Å². The van der Waals surface area contributed by atoms with Crippen LogP contribution in [0.15, 0.2) is 35.2 Å². The van der Waals surface area contributed by atoms with E-state index >= 15 is 0 Å². The molecule has 1 aliphatic carbocycles. The van der Waals surface area contributed by atoms with Crippen LogP contribution in [0.2, 0.25) is 0 Å². The van der Waals surface area contributed by atoms with Crippen molar-refractivity contribution >= 4 is 38.5 Å². The third-order valence-electron chi connectivity index (χ3n) is 2.97. The van der Waals surface area contributed by atoms with Gasteiger partial charge in [0.15, 0.2) is 0 Å². The number of nitrogens with one attached hydrogen (secondary N) is 1. The van der Waals surface area contributed by atoms with Crippen LogP contribution >= 0.6 is 38.5 Å². The van der Waals surface area contributed by atoms with Crippen molar-refractivity contribution in [1.82, 2.24) is 14.9 Å². The van der Waals surface area contributed by atoms with Crippen molar-refractivity contribution < 1.29 is 0 Å². The SMILES string of the molecule is Brc1ccc(I)cc1-n1cnc(CNC2CC2)c1. The van der Waals surface area contributed by atoms with Crippen molar-refractivity contribution in [2.24, 2.45) is 0 Å². The Hall–Kier alpha value is -0.400. The van der Waals surface area contributed by atoms with E-state index in [2.05, 4.69) is 77.8 Å². The zero-order chi connectivity index (χ0) is 12.5. The van der Waals surface area contributed by atoms with Gasteiger partial charge in [-0.25, -0.2) is 4.98 Å². The summed E-state index contributed by atoms with van der Waals surface area (Å²) in [6.07, 6.45) is 6.58. The lowest BCUT2D eigenvalue weighted by Gasteiger charge is -2.05. The van der Waals surface area contributed by atoms with Gasteiger partial charge >= 0.3 is 0 Å². The normalized spacial score (nSPS) is 15.0. The molecule has 2 aromatic rings. The van der Waals surface area contributed by atoms with E-state index in [0.717, 1.165) is 28.4 Å². The highest BCUT2D eigenvalue weighted by Crippen LogP contribution is 2.24. The summed E-state index contributed by atoms with van der Waals surface area (Å²) in [4.78, 5) is 4.44. The van der Waals surface area contributed by atoms with Crippen molar-refractivity contribution in [3.05, 3.63) is 44.5 Å². The van der Waals surface area contributed by atoms with Gasteiger partial charge in [-0.1, -0.05) is 0 Å². The van der Waals surface area contributed by atoms with E-state index in [1.54, 1.807) is 0 Å². The number of aromatic nitrogens is 2. The lowest BCUT2D eigenvalue weighted by atomic mass is 10.3. The summed E-state index contributed by atoms with van der Waals surface area (Å²) >= 11 is 5.90. The number of halogens is 2. The van der Waals surface area contributed by atoms with E-state index in [9.17, 15) is 0 Å². The maximum absolute atomic E-state index is 4.44. The van der Waals surface area contributed by atoms with Gasteiger partial charge in [0.2, 0.25) is 0 Å². The molecule has 1 heterocycles. The fourth-order valence-corrected chi connectivity index (χ4v) is 2.73. The topological polar surface area (TPSA) is 29.9 Å². The first kappa shape index (κ1) is 12.6. The molecule has 0 unspecified atom stereocenters. The molecule has 0 saturated heterocycles. The molecule has 1 N–H and O–H groups in total. The fraction of sp³-hybridized carbons (Fsp3) is 0.308. The maximum Gasteiger partial charge on any atom is 0.0996 e. The molecular weight excluding hydrogens is 405 g/mol. The second-order valence-electron chi connectivity index (χ2n) is 4.52. The van der Waals surface area contributed by atoms with Crippen LogP contribution in [0.1, 0.15) is 18.5 Å². The van der Waals surface area contributed by atoms with Crippen LogP contribution in [0.25, 0.3) is 5.69 Å². The Labute approximate surface area is 128 Å². The Bertz CT molecular complexity index is 563. The van der Waals surface area contributed by atoms with Crippen molar-refractivity contribution in [2.45, 2.75) is 25.4 Å². The Morgan fingerprint density at radius 1 is 1.44 bits per heavy atom. The first-order chi connectivity index (χ1) is 8.72. The van der Waals surface area contributed by atoms with Crippen LogP contribution in [-0.2, 0) is 6.54 Å². The average Bonchev–Trinajstić information content (AvgIpc) is 3.08. The summed E-state index contributed by atoms with van der Waals surface area (Å²) in [5.41, 5.74) is 2.22. The van der Waals surface area contributed by atoms with Gasteiger partial charge in [-0.05, 0) is 69.6 Å². The first-order valence-corrected chi connectivity index (χ1v) is 7.81. The summed E-state index contributed by atoms with van der Waals surface area (Å²) in [6, 6.07) is 7.02. The number of benzene rings is 1. The summed E-state index contributed by atoms with van der Waals surface area (Å²) in [5.74, 6) is 0. The Kier molecular flexibility index (Phi) is 3.72.